The van der Waals surface area contributed by atoms with E-state index in [0.717, 1.165) is 11.1 Å². The lowest BCUT2D eigenvalue weighted by Crippen LogP contribution is -2.14. The molecule has 1 amide bonds. The van der Waals surface area contributed by atoms with Crippen LogP contribution in [0.1, 0.15) is 20.7 Å². The molecule has 2 aromatic carbocycles. The molecule has 0 aliphatic carbocycles. The maximum Gasteiger partial charge on any atom is 0.341 e. The molecule has 26 heavy (non-hydrogen) atoms. The van der Waals surface area contributed by atoms with E-state index in [4.69, 9.17) is 9.47 Å². The summed E-state index contributed by atoms with van der Waals surface area (Å²) in [6, 6.07) is 16.2. The van der Waals surface area contributed by atoms with Crippen molar-refractivity contribution in [2.24, 2.45) is 0 Å². The number of esters is 1. The Morgan fingerprint density at radius 1 is 0.962 bits per heavy atom. The molecule has 3 rings (SSSR count). The highest BCUT2D eigenvalue weighted by molar-refractivity contribution is 7.15. The van der Waals surface area contributed by atoms with Crippen molar-refractivity contribution < 1.29 is 19.1 Å². The zero-order valence-corrected chi connectivity index (χ0v) is 15.1. The van der Waals surface area contributed by atoms with Gasteiger partial charge in [0.15, 0.2) is 0 Å². The molecule has 0 aliphatic heterocycles. The minimum absolute atomic E-state index is 0.306. The lowest BCUT2D eigenvalue weighted by molar-refractivity contribution is 0.0603. The lowest BCUT2D eigenvalue weighted by atomic mass is 10.0. The van der Waals surface area contributed by atoms with Gasteiger partial charge in [0.2, 0.25) is 0 Å². The van der Waals surface area contributed by atoms with Crippen LogP contribution in [0.15, 0.2) is 60.0 Å². The topological polar surface area (TPSA) is 64.6 Å². The highest BCUT2D eigenvalue weighted by Gasteiger charge is 2.22. The molecule has 0 spiro atoms. The predicted molar refractivity (Wildman–Crippen MR) is 102 cm³/mol. The summed E-state index contributed by atoms with van der Waals surface area (Å²) >= 11 is 1.29. The molecule has 0 saturated carbocycles. The minimum Gasteiger partial charge on any atom is -0.497 e. The van der Waals surface area contributed by atoms with Crippen molar-refractivity contribution in [1.82, 2.24) is 0 Å². The number of nitrogens with one attached hydrogen (secondary N) is 1. The van der Waals surface area contributed by atoms with E-state index >= 15 is 0 Å². The summed E-state index contributed by atoms with van der Waals surface area (Å²) in [5.41, 5.74) is 2.43. The summed E-state index contributed by atoms with van der Waals surface area (Å²) in [7, 11) is 2.89. The number of carbonyl (C=O) groups is 2. The van der Waals surface area contributed by atoms with E-state index in [1.54, 1.807) is 31.4 Å². The molecule has 0 unspecified atom stereocenters. The van der Waals surface area contributed by atoms with Gasteiger partial charge in [-0.15, -0.1) is 11.3 Å². The molecule has 0 saturated heterocycles. The number of carbonyl (C=O) groups excluding carboxylic acids is 2. The molecular weight excluding hydrogens is 350 g/mol. The van der Waals surface area contributed by atoms with Gasteiger partial charge in [-0.1, -0.05) is 30.3 Å². The fourth-order valence-electron chi connectivity index (χ4n) is 2.50. The molecule has 5 nitrogen and oxygen atoms in total. The van der Waals surface area contributed by atoms with E-state index in [1.807, 2.05) is 35.7 Å². The third kappa shape index (κ3) is 3.60. The summed E-state index contributed by atoms with van der Waals surface area (Å²) in [6.45, 7) is 0. The highest BCUT2D eigenvalue weighted by atomic mass is 32.1. The fourth-order valence-corrected chi connectivity index (χ4v) is 3.45. The van der Waals surface area contributed by atoms with Gasteiger partial charge in [0.1, 0.15) is 16.3 Å². The number of hydrogen-bond acceptors (Lipinski definition) is 5. The van der Waals surface area contributed by atoms with Gasteiger partial charge in [0.25, 0.3) is 5.91 Å². The Labute approximate surface area is 155 Å². The number of thiophene rings is 1. The highest BCUT2D eigenvalue weighted by Crippen LogP contribution is 2.36. The Morgan fingerprint density at radius 2 is 1.65 bits per heavy atom. The van der Waals surface area contributed by atoms with E-state index in [0.29, 0.717) is 21.9 Å². The molecule has 1 aromatic heterocycles. The van der Waals surface area contributed by atoms with Crippen LogP contribution < -0.4 is 10.1 Å². The second-order valence-electron chi connectivity index (χ2n) is 5.39. The smallest absolute Gasteiger partial charge is 0.341 e. The van der Waals surface area contributed by atoms with Crippen LogP contribution in [-0.2, 0) is 4.74 Å². The average molecular weight is 367 g/mol. The molecule has 0 radical (unpaired) electrons. The second-order valence-corrected chi connectivity index (χ2v) is 6.27. The van der Waals surface area contributed by atoms with Crippen molar-refractivity contribution in [2.45, 2.75) is 0 Å². The number of anilines is 1. The van der Waals surface area contributed by atoms with Crippen molar-refractivity contribution in [1.29, 1.82) is 0 Å². The van der Waals surface area contributed by atoms with Crippen LogP contribution in [0.3, 0.4) is 0 Å². The van der Waals surface area contributed by atoms with Crippen LogP contribution in [0, 0.1) is 0 Å². The quantitative estimate of drug-likeness (QED) is 0.676. The minimum atomic E-state index is -0.491. The number of benzene rings is 2. The molecule has 0 atom stereocenters. The van der Waals surface area contributed by atoms with Crippen molar-refractivity contribution in [3.05, 3.63) is 71.1 Å². The molecule has 0 fully saturated rings. The molecule has 132 valence electrons. The van der Waals surface area contributed by atoms with Crippen LogP contribution in [0.5, 0.6) is 5.75 Å². The maximum absolute atomic E-state index is 12.5. The molecule has 3 aromatic rings. The van der Waals surface area contributed by atoms with E-state index in [9.17, 15) is 9.59 Å². The number of methoxy groups -OCH3 is 2. The second kappa shape index (κ2) is 7.84. The predicted octanol–water partition coefficient (Wildman–Crippen LogP) is 4.46. The van der Waals surface area contributed by atoms with E-state index in [1.165, 1.54) is 18.4 Å². The van der Waals surface area contributed by atoms with Crippen LogP contribution in [0.2, 0.25) is 0 Å². The van der Waals surface area contributed by atoms with Crippen LogP contribution >= 0.6 is 11.3 Å². The van der Waals surface area contributed by atoms with Crippen molar-refractivity contribution in [2.75, 3.05) is 19.5 Å². The number of ether oxygens (including phenoxy) is 2. The first-order chi connectivity index (χ1) is 12.6. The lowest BCUT2D eigenvalue weighted by Gasteiger charge is -2.08. The average Bonchev–Trinajstić information content (AvgIpc) is 3.11. The van der Waals surface area contributed by atoms with Gasteiger partial charge < -0.3 is 14.8 Å². The number of hydrogen-bond donors (Lipinski definition) is 1. The number of rotatable bonds is 5. The van der Waals surface area contributed by atoms with Crippen molar-refractivity contribution in [3.8, 4) is 16.9 Å². The Bertz CT molecular complexity index is 917. The van der Waals surface area contributed by atoms with E-state index in [-0.39, 0.29) is 5.91 Å². The first-order valence-electron chi connectivity index (χ1n) is 7.84. The van der Waals surface area contributed by atoms with Gasteiger partial charge in [-0.2, -0.15) is 0 Å². The Hall–Kier alpha value is -3.12. The van der Waals surface area contributed by atoms with Gasteiger partial charge in [0.05, 0.1) is 14.2 Å². The van der Waals surface area contributed by atoms with Crippen LogP contribution in [-0.4, -0.2) is 26.1 Å². The standard InChI is InChI=1S/C20H17NO4S/c1-24-15-10-8-14(9-11-15)18(22)21-19-17(20(23)25-2)16(12-26-19)13-6-4-3-5-7-13/h3-12H,1-2H3,(H,21,22). The molecule has 0 aliphatic rings. The number of amides is 1. The third-order valence-corrected chi connectivity index (χ3v) is 4.74. The third-order valence-electron chi connectivity index (χ3n) is 3.84. The molecule has 1 heterocycles. The first kappa shape index (κ1) is 17.7. The van der Waals surface area contributed by atoms with Gasteiger partial charge in [-0.25, -0.2) is 4.79 Å². The van der Waals surface area contributed by atoms with Gasteiger partial charge in [-0.05, 0) is 29.8 Å². The summed E-state index contributed by atoms with van der Waals surface area (Å²) in [5.74, 6) is -0.131. The van der Waals surface area contributed by atoms with Gasteiger partial charge >= 0.3 is 5.97 Å². The monoisotopic (exact) mass is 367 g/mol. The zero-order chi connectivity index (χ0) is 18.5. The molecule has 0 bridgehead atoms. The van der Waals surface area contributed by atoms with E-state index < -0.39 is 5.97 Å². The first-order valence-corrected chi connectivity index (χ1v) is 8.72. The molecule has 6 heteroatoms. The summed E-state index contributed by atoms with van der Waals surface area (Å²) in [4.78, 5) is 24.8. The van der Waals surface area contributed by atoms with Crippen molar-refractivity contribution in [3.63, 3.8) is 0 Å². The molecular formula is C20H17NO4S. The van der Waals surface area contributed by atoms with Crippen LogP contribution in [0.4, 0.5) is 5.00 Å². The van der Waals surface area contributed by atoms with E-state index in [2.05, 4.69) is 5.32 Å². The summed E-state index contributed by atoms with van der Waals surface area (Å²) in [6.07, 6.45) is 0. The SMILES string of the molecule is COC(=O)c1c(-c2ccccc2)csc1NC(=O)c1ccc(OC)cc1. The zero-order valence-electron chi connectivity index (χ0n) is 14.3. The Morgan fingerprint density at radius 3 is 2.27 bits per heavy atom. The Balaban J connectivity index is 1.93. The summed E-state index contributed by atoms with van der Waals surface area (Å²) in [5, 5.41) is 5.10. The van der Waals surface area contributed by atoms with Crippen LogP contribution in [0.25, 0.3) is 11.1 Å². The maximum atomic E-state index is 12.5. The normalized spacial score (nSPS) is 10.2. The Kier molecular flexibility index (Phi) is 5.34. The largest absolute Gasteiger partial charge is 0.497 e. The molecule has 1 N–H and O–H groups in total. The van der Waals surface area contributed by atoms with Gasteiger partial charge in [0, 0.05) is 16.5 Å². The van der Waals surface area contributed by atoms with Crippen molar-refractivity contribution >= 4 is 28.2 Å². The summed E-state index contributed by atoms with van der Waals surface area (Å²) < 4.78 is 10.0. The van der Waals surface area contributed by atoms with Gasteiger partial charge in [-0.3, -0.25) is 4.79 Å². The fraction of sp³-hybridized carbons (Fsp3) is 0.100.